The summed E-state index contributed by atoms with van der Waals surface area (Å²) >= 11 is 3.33. The Morgan fingerprint density at radius 3 is 2.58 bits per heavy atom. The summed E-state index contributed by atoms with van der Waals surface area (Å²) in [5, 5.41) is 12.0. The molecule has 2 unspecified atom stereocenters. The number of benzene rings is 1. The van der Waals surface area contributed by atoms with E-state index in [9.17, 15) is 9.90 Å². The first-order valence-electron chi connectivity index (χ1n) is 6.30. The lowest BCUT2D eigenvalue weighted by Crippen LogP contribution is -2.33. The van der Waals surface area contributed by atoms with Crippen LogP contribution in [0.2, 0.25) is 0 Å². The highest BCUT2D eigenvalue weighted by Crippen LogP contribution is 2.15. The van der Waals surface area contributed by atoms with E-state index >= 15 is 0 Å². The van der Waals surface area contributed by atoms with Gasteiger partial charge in [-0.25, -0.2) is 0 Å². The smallest absolute Gasteiger partial charge is 0.257 e. The van der Waals surface area contributed by atoms with Crippen molar-refractivity contribution in [3.8, 4) is 5.75 Å². The molecule has 0 fully saturated rings. The van der Waals surface area contributed by atoms with E-state index in [1.54, 1.807) is 19.1 Å². The maximum Gasteiger partial charge on any atom is 0.257 e. The standard InChI is InChI=1S/C14H20BrNO3/c1-10(7-11(2)17)8-16-14(18)9-19-13-5-3-12(15)4-6-13/h3-6,10-11,17H,7-9H2,1-2H3,(H,16,18). The zero-order valence-electron chi connectivity index (χ0n) is 11.2. The minimum absolute atomic E-state index is 0.00301. The van der Waals surface area contributed by atoms with Gasteiger partial charge in [-0.05, 0) is 43.5 Å². The fourth-order valence-corrected chi connectivity index (χ4v) is 1.95. The molecule has 4 nitrogen and oxygen atoms in total. The monoisotopic (exact) mass is 329 g/mol. The van der Waals surface area contributed by atoms with Gasteiger partial charge in [0.15, 0.2) is 6.61 Å². The maximum atomic E-state index is 11.6. The molecule has 1 aromatic carbocycles. The Hall–Kier alpha value is -1.07. The van der Waals surface area contributed by atoms with Gasteiger partial charge in [0.2, 0.25) is 0 Å². The van der Waals surface area contributed by atoms with Gasteiger partial charge in [-0.2, -0.15) is 0 Å². The fraction of sp³-hybridized carbons (Fsp3) is 0.500. The van der Waals surface area contributed by atoms with E-state index in [0.717, 1.165) is 4.47 Å². The van der Waals surface area contributed by atoms with Crippen molar-refractivity contribution in [1.29, 1.82) is 0 Å². The number of carbonyl (C=O) groups excluding carboxylic acids is 1. The molecule has 2 N–H and O–H groups in total. The molecule has 0 radical (unpaired) electrons. The zero-order valence-corrected chi connectivity index (χ0v) is 12.8. The first-order valence-corrected chi connectivity index (χ1v) is 7.10. The highest BCUT2D eigenvalue weighted by molar-refractivity contribution is 9.10. The van der Waals surface area contributed by atoms with E-state index in [0.29, 0.717) is 18.7 Å². The Kier molecular flexibility index (Phi) is 6.87. The van der Waals surface area contributed by atoms with Gasteiger partial charge < -0.3 is 15.2 Å². The number of amides is 1. The van der Waals surface area contributed by atoms with E-state index in [1.807, 2.05) is 19.1 Å². The van der Waals surface area contributed by atoms with E-state index in [-0.39, 0.29) is 24.5 Å². The van der Waals surface area contributed by atoms with Gasteiger partial charge >= 0.3 is 0 Å². The van der Waals surface area contributed by atoms with Crippen LogP contribution in [0.3, 0.4) is 0 Å². The topological polar surface area (TPSA) is 58.6 Å². The van der Waals surface area contributed by atoms with Crippen LogP contribution in [-0.2, 0) is 4.79 Å². The largest absolute Gasteiger partial charge is 0.484 e. The molecule has 1 rings (SSSR count). The molecule has 2 atom stereocenters. The van der Waals surface area contributed by atoms with Gasteiger partial charge in [-0.15, -0.1) is 0 Å². The van der Waals surface area contributed by atoms with Crippen LogP contribution in [0, 0.1) is 5.92 Å². The number of halogens is 1. The van der Waals surface area contributed by atoms with Gasteiger partial charge in [0.25, 0.3) is 5.91 Å². The van der Waals surface area contributed by atoms with Crippen LogP contribution < -0.4 is 10.1 Å². The summed E-state index contributed by atoms with van der Waals surface area (Å²) in [6.07, 6.45) is 0.333. The Labute approximate surface area is 122 Å². The second kappa shape index (κ2) is 8.17. The number of aliphatic hydroxyl groups is 1. The van der Waals surface area contributed by atoms with Gasteiger partial charge in [-0.1, -0.05) is 22.9 Å². The molecule has 5 heteroatoms. The molecule has 0 saturated carbocycles. The van der Waals surface area contributed by atoms with Crippen LogP contribution in [0.25, 0.3) is 0 Å². The summed E-state index contributed by atoms with van der Waals surface area (Å²) in [4.78, 5) is 11.6. The van der Waals surface area contributed by atoms with Crippen molar-refractivity contribution in [2.75, 3.05) is 13.2 Å². The number of nitrogens with one attached hydrogen (secondary N) is 1. The number of ether oxygens (including phenoxy) is 1. The molecule has 0 saturated heterocycles. The summed E-state index contributed by atoms with van der Waals surface area (Å²) in [6, 6.07) is 7.32. The van der Waals surface area contributed by atoms with E-state index in [2.05, 4.69) is 21.2 Å². The van der Waals surface area contributed by atoms with Crippen LogP contribution in [0.4, 0.5) is 0 Å². The van der Waals surface area contributed by atoms with Crippen LogP contribution in [0.5, 0.6) is 5.75 Å². The molecule has 0 bridgehead atoms. The van der Waals surface area contributed by atoms with Crippen molar-refractivity contribution >= 4 is 21.8 Å². The predicted octanol–water partition coefficient (Wildman–Crippen LogP) is 2.35. The summed E-state index contributed by atoms with van der Waals surface area (Å²) in [5.74, 6) is 0.757. The SMILES string of the molecule is CC(O)CC(C)CNC(=O)COc1ccc(Br)cc1. The van der Waals surface area contributed by atoms with Crippen LogP contribution in [0.1, 0.15) is 20.3 Å². The Morgan fingerprint density at radius 2 is 2.00 bits per heavy atom. The van der Waals surface area contributed by atoms with Crippen LogP contribution in [-0.4, -0.2) is 30.3 Å². The minimum atomic E-state index is -0.342. The number of aliphatic hydroxyl groups excluding tert-OH is 1. The van der Waals surface area contributed by atoms with Gasteiger partial charge in [0, 0.05) is 11.0 Å². The Balaban J connectivity index is 2.22. The normalized spacial score (nSPS) is 13.7. The third-order valence-corrected chi connectivity index (χ3v) is 3.10. The summed E-state index contributed by atoms with van der Waals surface area (Å²) in [6.45, 7) is 4.29. The quantitative estimate of drug-likeness (QED) is 0.807. The molecule has 106 valence electrons. The third kappa shape index (κ3) is 7.18. The molecule has 0 aliphatic rings. The van der Waals surface area contributed by atoms with E-state index in [1.165, 1.54) is 0 Å². The molecular weight excluding hydrogens is 310 g/mol. The lowest BCUT2D eigenvalue weighted by atomic mass is 10.1. The van der Waals surface area contributed by atoms with Crippen LogP contribution in [0.15, 0.2) is 28.7 Å². The average Bonchev–Trinajstić information content (AvgIpc) is 2.35. The maximum absolute atomic E-state index is 11.6. The van der Waals surface area contributed by atoms with Gasteiger partial charge in [-0.3, -0.25) is 4.79 Å². The number of carbonyl (C=O) groups is 1. The highest BCUT2D eigenvalue weighted by Gasteiger charge is 2.08. The van der Waals surface area contributed by atoms with E-state index in [4.69, 9.17) is 4.74 Å². The molecule has 1 aromatic rings. The lowest BCUT2D eigenvalue weighted by molar-refractivity contribution is -0.123. The second-order valence-electron chi connectivity index (χ2n) is 4.74. The van der Waals surface area contributed by atoms with Crippen LogP contribution >= 0.6 is 15.9 Å². The van der Waals surface area contributed by atoms with Gasteiger partial charge in [0.05, 0.1) is 6.10 Å². The number of hydrogen-bond acceptors (Lipinski definition) is 3. The molecule has 19 heavy (non-hydrogen) atoms. The van der Waals surface area contributed by atoms with Crippen molar-refractivity contribution in [2.24, 2.45) is 5.92 Å². The Morgan fingerprint density at radius 1 is 1.37 bits per heavy atom. The van der Waals surface area contributed by atoms with Crippen molar-refractivity contribution in [3.63, 3.8) is 0 Å². The fourth-order valence-electron chi connectivity index (χ4n) is 1.68. The molecule has 1 amide bonds. The minimum Gasteiger partial charge on any atom is -0.484 e. The number of rotatable bonds is 7. The van der Waals surface area contributed by atoms with Crippen molar-refractivity contribution in [3.05, 3.63) is 28.7 Å². The molecule has 0 spiro atoms. The van der Waals surface area contributed by atoms with E-state index < -0.39 is 0 Å². The lowest BCUT2D eigenvalue weighted by Gasteiger charge is -2.14. The number of hydrogen-bond donors (Lipinski definition) is 2. The van der Waals surface area contributed by atoms with Crippen molar-refractivity contribution in [2.45, 2.75) is 26.4 Å². The van der Waals surface area contributed by atoms with Crippen molar-refractivity contribution < 1.29 is 14.6 Å². The van der Waals surface area contributed by atoms with Crippen molar-refractivity contribution in [1.82, 2.24) is 5.32 Å². The first-order chi connectivity index (χ1) is 8.97. The molecule has 0 aromatic heterocycles. The molecule has 0 heterocycles. The third-order valence-electron chi connectivity index (χ3n) is 2.57. The van der Waals surface area contributed by atoms with Gasteiger partial charge in [0.1, 0.15) is 5.75 Å². The Bertz CT molecular complexity index is 392. The molecule has 0 aliphatic heterocycles. The first kappa shape index (κ1) is 16.0. The molecular formula is C14H20BrNO3. The molecule has 0 aliphatic carbocycles. The average molecular weight is 330 g/mol. The predicted molar refractivity (Wildman–Crippen MR) is 78.1 cm³/mol. The highest BCUT2D eigenvalue weighted by atomic mass is 79.9. The summed E-state index contributed by atoms with van der Waals surface area (Å²) in [5.41, 5.74) is 0. The zero-order chi connectivity index (χ0) is 14.3. The second-order valence-corrected chi connectivity index (χ2v) is 5.65. The summed E-state index contributed by atoms with van der Waals surface area (Å²) in [7, 11) is 0. The summed E-state index contributed by atoms with van der Waals surface area (Å²) < 4.78 is 6.32.